The van der Waals surface area contributed by atoms with E-state index in [4.69, 9.17) is 19.4 Å². The molecule has 0 saturated heterocycles. The molecule has 63 heavy (non-hydrogen) atoms. The summed E-state index contributed by atoms with van der Waals surface area (Å²) in [7, 11) is 0. The Hall–Kier alpha value is -6.77. The number of rotatable bonds is 18. The van der Waals surface area contributed by atoms with Crippen LogP contribution in [0.15, 0.2) is 79.1 Å². The molecule has 8 heterocycles. The summed E-state index contributed by atoms with van der Waals surface area (Å²) in [5, 5.41) is 40.5. The molecule has 3 aliphatic rings. The van der Waals surface area contributed by atoms with E-state index in [-0.39, 0.29) is 31.5 Å². The summed E-state index contributed by atoms with van der Waals surface area (Å²) >= 11 is 0. The van der Waals surface area contributed by atoms with Gasteiger partial charge in [0.2, 0.25) is 6.79 Å². The van der Waals surface area contributed by atoms with Crippen molar-refractivity contribution in [1.82, 2.24) is 35.3 Å². The first-order valence-corrected chi connectivity index (χ1v) is 22.1. The number of benzene rings is 1. The van der Waals surface area contributed by atoms with Crippen LogP contribution < -0.4 is 20.1 Å². The van der Waals surface area contributed by atoms with Crippen molar-refractivity contribution in [3.8, 4) is 11.5 Å². The average Bonchev–Trinajstić information content (AvgIpc) is 4.08. The molecule has 0 radical (unpaired) electrons. The van der Waals surface area contributed by atoms with Crippen molar-refractivity contribution in [2.24, 2.45) is 0 Å². The maximum Gasteiger partial charge on any atom is 0.303 e. The minimum Gasteiger partial charge on any atom is -0.481 e. The third kappa shape index (κ3) is 12.0. The number of carbonyl (C=O) groups is 2. The molecule has 5 aromatic heterocycles. The number of anilines is 2. The number of ether oxygens (including phenoxy) is 2. The summed E-state index contributed by atoms with van der Waals surface area (Å²) in [4.78, 5) is 36.4. The maximum absolute atomic E-state index is 11.5. The number of fused-ring (bicyclic) bond motifs is 3. The molecule has 0 fully saturated rings. The van der Waals surface area contributed by atoms with E-state index in [1.165, 1.54) is 17.5 Å². The number of aliphatic carboxylic acids is 2. The molecule has 15 heteroatoms. The van der Waals surface area contributed by atoms with E-state index < -0.39 is 11.9 Å². The molecular formula is C48H55N9O6. The SMILES string of the molecule is O=C(O)CC(Cc1cc(CCCc2ccc3c(n2)NCCC3)n[nH]1)c1ccc2c(c1)OCO2.O=C(O)CC(Cc1cc(CCCc2ccc3c(n2)NCCC3)n[nH]1)c1cccnc1. The molecular weight excluding hydrogens is 799 g/mol. The Kier molecular flexibility index (Phi) is 14.2. The van der Waals surface area contributed by atoms with Crippen molar-refractivity contribution in [3.63, 3.8) is 0 Å². The molecule has 0 saturated carbocycles. The first-order chi connectivity index (χ1) is 30.8. The van der Waals surface area contributed by atoms with Gasteiger partial charge in [-0.3, -0.25) is 24.8 Å². The number of aryl methyl sites for hydroxylation is 6. The highest BCUT2D eigenvalue weighted by molar-refractivity contribution is 5.68. The minimum atomic E-state index is -0.829. The predicted octanol–water partition coefficient (Wildman–Crippen LogP) is 7.40. The van der Waals surface area contributed by atoms with Crippen molar-refractivity contribution in [2.75, 3.05) is 30.5 Å². The monoisotopic (exact) mass is 853 g/mol. The van der Waals surface area contributed by atoms with Gasteiger partial charge in [-0.2, -0.15) is 10.2 Å². The van der Waals surface area contributed by atoms with Gasteiger partial charge in [0.15, 0.2) is 11.5 Å². The van der Waals surface area contributed by atoms with Crippen LogP contribution in [0.4, 0.5) is 11.6 Å². The Morgan fingerprint density at radius 3 is 1.75 bits per heavy atom. The Morgan fingerprint density at radius 1 is 0.635 bits per heavy atom. The predicted molar refractivity (Wildman–Crippen MR) is 238 cm³/mol. The number of aromatic amines is 2. The molecule has 6 N–H and O–H groups in total. The van der Waals surface area contributed by atoms with Crippen molar-refractivity contribution in [2.45, 2.75) is 102 Å². The van der Waals surface area contributed by atoms with Crippen LogP contribution in [0, 0.1) is 0 Å². The molecule has 328 valence electrons. The van der Waals surface area contributed by atoms with Crippen LogP contribution in [-0.2, 0) is 61.0 Å². The molecule has 2 unspecified atom stereocenters. The van der Waals surface area contributed by atoms with Gasteiger partial charge in [0, 0.05) is 54.2 Å². The van der Waals surface area contributed by atoms with E-state index in [0.29, 0.717) is 24.3 Å². The molecule has 0 aliphatic carbocycles. The third-order valence-corrected chi connectivity index (χ3v) is 11.8. The van der Waals surface area contributed by atoms with Crippen molar-refractivity contribution in [3.05, 3.63) is 136 Å². The molecule has 0 bridgehead atoms. The lowest BCUT2D eigenvalue weighted by Gasteiger charge is -2.17. The Labute approximate surface area is 366 Å². The van der Waals surface area contributed by atoms with Gasteiger partial charge in [0.25, 0.3) is 0 Å². The van der Waals surface area contributed by atoms with Crippen molar-refractivity contribution in [1.29, 1.82) is 0 Å². The third-order valence-electron chi connectivity index (χ3n) is 11.8. The fraction of sp³-hybridized carbons (Fsp3) is 0.396. The van der Waals surface area contributed by atoms with Crippen molar-refractivity contribution < 1.29 is 29.3 Å². The molecule has 9 rings (SSSR count). The number of aromatic nitrogens is 7. The van der Waals surface area contributed by atoms with Gasteiger partial charge in [-0.25, -0.2) is 9.97 Å². The normalized spacial score (nSPS) is 14.5. The van der Waals surface area contributed by atoms with E-state index in [1.807, 2.05) is 42.5 Å². The van der Waals surface area contributed by atoms with E-state index in [2.05, 4.69) is 60.3 Å². The van der Waals surface area contributed by atoms with E-state index >= 15 is 0 Å². The smallest absolute Gasteiger partial charge is 0.303 e. The van der Waals surface area contributed by atoms with Gasteiger partial charge < -0.3 is 30.3 Å². The standard InChI is InChI=1S/C25H28N4O4.C23H27N5O2/c30-24(31)13-18(17-7-9-22-23(12-17)33-15-32-22)11-21-14-20(28-29-21)5-1-4-19-8-6-16-3-2-10-26-25(16)27-19;29-22(30)13-18(17-5-2-10-24-15-17)12-21-14-20(27-28-21)7-1-6-19-9-8-16-4-3-11-25-23(16)26-19/h6-9,12,14,18H,1-5,10-11,13,15H2,(H,26,27)(H,28,29)(H,30,31);2,5,8-10,14-15,18H,1,3-4,6-7,11-13H2,(H,25,26)(H,27,28)(H,29,30). The highest BCUT2D eigenvalue weighted by Gasteiger charge is 2.22. The average molecular weight is 854 g/mol. The second-order valence-electron chi connectivity index (χ2n) is 16.6. The molecule has 15 nitrogen and oxygen atoms in total. The molecule has 3 aliphatic heterocycles. The second kappa shape index (κ2) is 20.9. The zero-order valence-corrected chi connectivity index (χ0v) is 35.4. The fourth-order valence-electron chi connectivity index (χ4n) is 8.55. The molecule has 6 aromatic rings. The molecule has 0 spiro atoms. The van der Waals surface area contributed by atoms with E-state index in [9.17, 15) is 19.8 Å². The molecule has 2 atom stereocenters. The van der Waals surface area contributed by atoms with Crippen LogP contribution in [0.5, 0.6) is 11.5 Å². The van der Waals surface area contributed by atoms with Gasteiger partial charge in [0.1, 0.15) is 11.6 Å². The van der Waals surface area contributed by atoms with Crippen LogP contribution in [-0.4, -0.2) is 77.4 Å². The Balaban J connectivity index is 0.000000174. The first kappa shape index (κ1) is 42.9. The first-order valence-electron chi connectivity index (χ1n) is 22.1. The second-order valence-corrected chi connectivity index (χ2v) is 16.6. The van der Waals surface area contributed by atoms with Gasteiger partial charge >= 0.3 is 11.9 Å². The lowest BCUT2D eigenvalue weighted by Crippen LogP contribution is -2.14. The van der Waals surface area contributed by atoms with Gasteiger partial charge in [-0.15, -0.1) is 0 Å². The zero-order valence-electron chi connectivity index (χ0n) is 35.4. The Morgan fingerprint density at radius 2 is 1.19 bits per heavy atom. The number of pyridine rings is 3. The van der Waals surface area contributed by atoms with Gasteiger partial charge in [-0.1, -0.05) is 24.3 Å². The number of nitrogens with one attached hydrogen (secondary N) is 4. The van der Waals surface area contributed by atoms with E-state index in [0.717, 1.165) is 128 Å². The Bertz CT molecular complexity index is 2470. The lowest BCUT2D eigenvalue weighted by molar-refractivity contribution is -0.138. The number of H-pyrrole nitrogens is 2. The lowest BCUT2D eigenvalue weighted by atomic mass is 9.91. The number of nitrogens with zero attached hydrogens (tertiary/aromatic N) is 5. The largest absolute Gasteiger partial charge is 0.481 e. The van der Waals surface area contributed by atoms with Crippen molar-refractivity contribution >= 4 is 23.6 Å². The topological polar surface area (TPSA) is 213 Å². The van der Waals surface area contributed by atoms with E-state index in [1.54, 1.807) is 12.4 Å². The summed E-state index contributed by atoms with van der Waals surface area (Å²) in [5.41, 5.74) is 10.6. The summed E-state index contributed by atoms with van der Waals surface area (Å²) in [6, 6.07) is 22.1. The van der Waals surface area contributed by atoms with Crippen LogP contribution >= 0.6 is 0 Å². The highest BCUT2D eigenvalue weighted by Crippen LogP contribution is 2.36. The van der Waals surface area contributed by atoms with Gasteiger partial charge in [0.05, 0.1) is 24.2 Å². The number of hydrogen-bond donors (Lipinski definition) is 6. The van der Waals surface area contributed by atoms with Gasteiger partial charge in [-0.05, 0) is 148 Å². The number of hydrogen-bond acceptors (Lipinski definition) is 11. The number of carboxylic acid groups (broad SMARTS) is 2. The summed E-state index contributed by atoms with van der Waals surface area (Å²) in [5.74, 6) is 1.49. The van der Waals surface area contributed by atoms with Crippen LogP contribution in [0.2, 0.25) is 0 Å². The molecule has 0 amide bonds. The quantitative estimate of drug-likeness (QED) is 0.0498. The van der Waals surface area contributed by atoms with Crippen LogP contribution in [0.25, 0.3) is 0 Å². The summed E-state index contributed by atoms with van der Waals surface area (Å²) in [6.45, 7) is 2.19. The minimum absolute atomic E-state index is 0.0338. The zero-order chi connectivity index (χ0) is 43.4. The summed E-state index contributed by atoms with van der Waals surface area (Å²) in [6.07, 6.45) is 14.7. The summed E-state index contributed by atoms with van der Waals surface area (Å²) < 4.78 is 10.8. The van der Waals surface area contributed by atoms with Crippen LogP contribution in [0.1, 0.15) is 107 Å². The molecule has 1 aromatic carbocycles. The highest BCUT2D eigenvalue weighted by atomic mass is 16.7. The van der Waals surface area contributed by atoms with Crippen LogP contribution in [0.3, 0.4) is 0 Å². The maximum atomic E-state index is 11.5. The fourth-order valence-corrected chi connectivity index (χ4v) is 8.55. The number of carboxylic acids is 2.